The van der Waals surface area contributed by atoms with Crippen molar-refractivity contribution in [1.82, 2.24) is 19.9 Å². The van der Waals surface area contributed by atoms with Gasteiger partial charge in [-0.2, -0.15) is 9.97 Å². The number of fused-ring (bicyclic) bond motifs is 2. The second kappa shape index (κ2) is 6.40. The van der Waals surface area contributed by atoms with Crippen LogP contribution in [0.15, 0.2) is 29.5 Å². The first kappa shape index (κ1) is 15.3. The highest BCUT2D eigenvalue weighted by molar-refractivity contribution is 5.87. The molecule has 1 aliphatic heterocycles. The van der Waals surface area contributed by atoms with Gasteiger partial charge in [-0.1, -0.05) is 25.3 Å². The van der Waals surface area contributed by atoms with Crippen molar-refractivity contribution in [3.63, 3.8) is 0 Å². The Bertz CT molecular complexity index is 969. The van der Waals surface area contributed by atoms with Crippen LogP contribution in [0.5, 0.6) is 0 Å². The van der Waals surface area contributed by atoms with Crippen molar-refractivity contribution in [2.75, 3.05) is 10.6 Å². The molecule has 132 valence electrons. The van der Waals surface area contributed by atoms with Crippen LogP contribution in [0.4, 0.5) is 17.5 Å². The van der Waals surface area contributed by atoms with E-state index in [1.807, 2.05) is 12.3 Å². The number of aliphatic imine (C=N–C) groups is 1. The molecule has 2 aliphatic rings. The molecule has 3 heterocycles. The van der Waals surface area contributed by atoms with E-state index in [-0.39, 0.29) is 0 Å². The fraction of sp³-hybridized carbons (Fsp3) is 0.368. The molecule has 0 saturated heterocycles. The number of hydrogen-bond donors (Lipinski definition) is 3. The number of aromatic amines is 1. The Kier molecular flexibility index (Phi) is 3.77. The summed E-state index contributed by atoms with van der Waals surface area (Å²) in [7, 11) is 0. The van der Waals surface area contributed by atoms with Gasteiger partial charge in [0, 0.05) is 17.9 Å². The maximum atomic E-state index is 4.72. The number of nitrogens with zero attached hydrogens (tertiary/aromatic N) is 4. The number of H-pyrrole nitrogens is 1. The van der Waals surface area contributed by atoms with Gasteiger partial charge >= 0.3 is 0 Å². The molecular weight excluding hydrogens is 326 g/mol. The molecule has 1 aliphatic carbocycles. The maximum Gasteiger partial charge on any atom is 0.231 e. The summed E-state index contributed by atoms with van der Waals surface area (Å²) in [5.41, 5.74) is 4.89. The standard InChI is InChI=1S/C19H21N7/c1-2-4-14(5-3-1)23-18-16-17(22-11-21-16)25-19(26-18)24-15-7-6-12-9-20-10-13(12)8-15/h6-8,10-11,14H,1-5,9H2,(H3,21,22,23,24,25,26). The van der Waals surface area contributed by atoms with Crippen LogP contribution in [0, 0.1) is 0 Å². The van der Waals surface area contributed by atoms with Crippen LogP contribution in [0.25, 0.3) is 11.2 Å². The molecule has 0 amide bonds. The highest BCUT2D eigenvalue weighted by atomic mass is 15.2. The van der Waals surface area contributed by atoms with Gasteiger partial charge in [0.25, 0.3) is 0 Å². The molecule has 0 spiro atoms. The second-order valence-corrected chi connectivity index (χ2v) is 6.98. The molecular formula is C19H21N7. The van der Waals surface area contributed by atoms with E-state index in [0.717, 1.165) is 29.1 Å². The lowest BCUT2D eigenvalue weighted by Crippen LogP contribution is -2.23. The number of benzene rings is 1. The Morgan fingerprint density at radius 1 is 1.08 bits per heavy atom. The molecule has 0 atom stereocenters. The number of aromatic nitrogens is 4. The lowest BCUT2D eigenvalue weighted by Gasteiger charge is -2.23. The molecule has 1 fully saturated rings. The van der Waals surface area contributed by atoms with Crippen molar-refractivity contribution in [2.24, 2.45) is 4.99 Å². The fourth-order valence-electron chi connectivity index (χ4n) is 3.74. The van der Waals surface area contributed by atoms with Crippen LogP contribution in [0.2, 0.25) is 0 Å². The van der Waals surface area contributed by atoms with Crippen LogP contribution in [-0.2, 0) is 6.54 Å². The topological polar surface area (TPSA) is 90.9 Å². The summed E-state index contributed by atoms with van der Waals surface area (Å²) >= 11 is 0. The molecule has 26 heavy (non-hydrogen) atoms. The van der Waals surface area contributed by atoms with Gasteiger partial charge in [0.1, 0.15) is 5.52 Å². The minimum Gasteiger partial charge on any atom is -0.365 e. The van der Waals surface area contributed by atoms with Crippen molar-refractivity contribution < 1.29 is 0 Å². The zero-order valence-electron chi connectivity index (χ0n) is 14.5. The molecule has 7 heteroatoms. The Morgan fingerprint density at radius 3 is 2.92 bits per heavy atom. The van der Waals surface area contributed by atoms with E-state index >= 15 is 0 Å². The van der Waals surface area contributed by atoms with Crippen LogP contribution >= 0.6 is 0 Å². The van der Waals surface area contributed by atoms with Crippen LogP contribution in [0.3, 0.4) is 0 Å². The highest BCUT2D eigenvalue weighted by Crippen LogP contribution is 2.26. The number of anilines is 3. The second-order valence-electron chi connectivity index (χ2n) is 6.98. The number of imidazole rings is 1. The van der Waals surface area contributed by atoms with Crippen LogP contribution in [0.1, 0.15) is 43.2 Å². The van der Waals surface area contributed by atoms with E-state index in [1.165, 1.54) is 37.7 Å². The van der Waals surface area contributed by atoms with E-state index in [4.69, 9.17) is 4.98 Å². The number of nitrogens with one attached hydrogen (secondary N) is 3. The van der Waals surface area contributed by atoms with E-state index in [1.54, 1.807) is 6.33 Å². The van der Waals surface area contributed by atoms with E-state index in [9.17, 15) is 0 Å². The molecule has 3 N–H and O–H groups in total. The zero-order valence-corrected chi connectivity index (χ0v) is 14.5. The first-order chi connectivity index (χ1) is 12.8. The largest absolute Gasteiger partial charge is 0.365 e. The Labute approximate surface area is 151 Å². The van der Waals surface area contributed by atoms with Gasteiger partial charge in [-0.3, -0.25) is 4.99 Å². The summed E-state index contributed by atoms with van der Waals surface area (Å²) < 4.78 is 0. The SMILES string of the molecule is C1=NCc2ccc(Nc3nc(NC4CCCCC4)c4[nH]cnc4n3)cc21. The molecule has 2 aromatic heterocycles. The summed E-state index contributed by atoms with van der Waals surface area (Å²) in [5, 5.41) is 6.91. The lowest BCUT2D eigenvalue weighted by atomic mass is 9.95. The fourth-order valence-corrected chi connectivity index (χ4v) is 3.74. The van der Waals surface area contributed by atoms with E-state index < -0.39 is 0 Å². The van der Waals surface area contributed by atoms with Crippen LogP contribution < -0.4 is 10.6 Å². The monoisotopic (exact) mass is 347 g/mol. The van der Waals surface area contributed by atoms with Gasteiger partial charge in [0.2, 0.25) is 5.95 Å². The average Bonchev–Trinajstić information content (AvgIpc) is 3.31. The number of rotatable bonds is 4. The number of hydrogen-bond acceptors (Lipinski definition) is 6. The third-order valence-electron chi connectivity index (χ3n) is 5.13. The normalized spacial score (nSPS) is 16.8. The van der Waals surface area contributed by atoms with E-state index in [2.05, 4.69) is 42.7 Å². The summed E-state index contributed by atoms with van der Waals surface area (Å²) in [6.07, 6.45) is 9.83. The van der Waals surface area contributed by atoms with Crippen molar-refractivity contribution >= 4 is 34.8 Å². The van der Waals surface area contributed by atoms with Gasteiger partial charge in [-0.15, -0.1) is 0 Å². The quantitative estimate of drug-likeness (QED) is 0.668. The molecule has 5 rings (SSSR count). The Morgan fingerprint density at radius 2 is 2.00 bits per heavy atom. The molecule has 1 aromatic carbocycles. The molecule has 0 radical (unpaired) electrons. The molecule has 1 saturated carbocycles. The maximum absolute atomic E-state index is 4.72. The van der Waals surface area contributed by atoms with E-state index in [0.29, 0.717) is 17.6 Å². The summed E-state index contributed by atoms with van der Waals surface area (Å²) in [6.45, 7) is 0.765. The summed E-state index contributed by atoms with van der Waals surface area (Å²) in [6, 6.07) is 6.69. The van der Waals surface area contributed by atoms with Gasteiger partial charge in [0.15, 0.2) is 11.5 Å². The first-order valence-electron chi connectivity index (χ1n) is 9.22. The molecule has 7 nitrogen and oxygen atoms in total. The van der Waals surface area contributed by atoms with Gasteiger partial charge < -0.3 is 15.6 Å². The third-order valence-corrected chi connectivity index (χ3v) is 5.13. The predicted octanol–water partition coefficient (Wildman–Crippen LogP) is 3.77. The highest BCUT2D eigenvalue weighted by Gasteiger charge is 2.17. The summed E-state index contributed by atoms with van der Waals surface area (Å²) in [4.78, 5) is 21.0. The van der Waals surface area contributed by atoms with Crippen molar-refractivity contribution in [1.29, 1.82) is 0 Å². The van der Waals surface area contributed by atoms with Crippen LogP contribution in [-0.4, -0.2) is 32.2 Å². The summed E-state index contributed by atoms with van der Waals surface area (Å²) in [5.74, 6) is 1.38. The predicted molar refractivity (Wildman–Crippen MR) is 103 cm³/mol. The van der Waals surface area contributed by atoms with Gasteiger partial charge in [-0.05, 0) is 36.1 Å². The molecule has 0 unspecified atom stereocenters. The smallest absolute Gasteiger partial charge is 0.231 e. The zero-order chi connectivity index (χ0) is 17.3. The van der Waals surface area contributed by atoms with Crippen molar-refractivity contribution in [2.45, 2.75) is 44.7 Å². The lowest BCUT2D eigenvalue weighted by molar-refractivity contribution is 0.462. The van der Waals surface area contributed by atoms with Crippen molar-refractivity contribution in [3.8, 4) is 0 Å². The molecule has 3 aromatic rings. The van der Waals surface area contributed by atoms with Crippen molar-refractivity contribution in [3.05, 3.63) is 35.7 Å². The minimum atomic E-state index is 0.467. The minimum absolute atomic E-state index is 0.467. The first-order valence-corrected chi connectivity index (χ1v) is 9.22. The Hall–Kier alpha value is -2.96. The average molecular weight is 347 g/mol. The van der Waals surface area contributed by atoms with Gasteiger partial charge in [-0.25, -0.2) is 4.98 Å². The molecule has 0 bridgehead atoms. The van der Waals surface area contributed by atoms with Gasteiger partial charge in [0.05, 0.1) is 12.9 Å². The Balaban J connectivity index is 1.45. The third kappa shape index (κ3) is 2.89.